The molecule has 0 amide bonds. The number of hydrogen-bond donors (Lipinski definition) is 1. The van der Waals surface area contributed by atoms with Crippen LogP contribution < -0.4 is 0 Å². The van der Waals surface area contributed by atoms with Gasteiger partial charge in [-0.05, 0) is 45.0 Å². The van der Waals surface area contributed by atoms with E-state index in [-0.39, 0.29) is 20.1 Å². The van der Waals surface area contributed by atoms with Crippen molar-refractivity contribution < 1.29 is 71.4 Å². The standard InChI is InChI=1S/C12H16F3NO5S.C8H8F3NO5S/c1-11(2,3)21-10(17)8-16(7-9-5-4-6-20-9)22(18,19)12(13,14)15;9-8(10,11)18(15,16)12(5-7(13)14)4-6-2-1-3-17-6/h4-6H,7-8H2,1-3H3;1-3H,4-5H2,(H,13,14). The first-order valence-electron chi connectivity index (χ1n) is 10.6. The van der Waals surface area contributed by atoms with Crippen molar-refractivity contribution in [3.05, 3.63) is 48.3 Å². The Morgan fingerprint density at radius 3 is 1.45 bits per heavy atom. The molecule has 12 nitrogen and oxygen atoms in total. The minimum absolute atomic E-state index is 0.0279. The molecule has 40 heavy (non-hydrogen) atoms. The van der Waals surface area contributed by atoms with Crippen LogP contribution in [0.4, 0.5) is 26.3 Å². The first kappa shape index (κ1) is 34.9. The summed E-state index contributed by atoms with van der Waals surface area (Å²) in [5.41, 5.74) is -12.0. The second kappa shape index (κ2) is 13.0. The number of carboxylic acids is 1. The highest BCUT2D eigenvalue weighted by molar-refractivity contribution is 7.90. The average molecular weight is 631 g/mol. The maximum Gasteiger partial charge on any atom is 0.511 e. The third-order valence-electron chi connectivity index (χ3n) is 4.13. The largest absolute Gasteiger partial charge is 0.511 e. The van der Waals surface area contributed by atoms with Gasteiger partial charge in [0.2, 0.25) is 0 Å². The summed E-state index contributed by atoms with van der Waals surface area (Å²) in [5.74, 6) is -2.92. The molecule has 2 aromatic heterocycles. The van der Waals surface area contributed by atoms with E-state index in [9.17, 15) is 52.8 Å². The van der Waals surface area contributed by atoms with Gasteiger partial charge in [0.15, 0.2) is 0 Å². The molecule has 0 saturated heterocycles. The average Bonchev–Trinajstić information content (AvgIpc) is 3.44. The van der Waals surface area contributed by atoms with E-state index in [4.69, 9.17) is 14.3 Å². The highest BCUT2D eigenvalue weighted by Crippen LogP contribution is 2.29. The minimum atomic E-state index is -5.72. The summed E-state index contributed by atoms with van der Waals surface area (Å²) in [5, 5.41) is 8.44. The molecule has 0 radical (unpaired) electrons. The van der Waals surface area contributed by atoms with Crippen molar-refractivity contribution >= 4 is 32.0 Å². The Bertz CT molecular complexity index is 1320. The number of furan rings is 2. The number of rotatable bonds is 10. The van der Waals surface area contributed by atoms with Crippen molar-refractivity contribution in [1.29, 1.82) is 0 Å². The van der Waals surface area contributed by atoms with E-state index in [1.165, 1.54) is 51.3 Å². The number of alkyl halides is 6. The second-order valence-corrected chi connectivity index (χ2v) is 12.4. The van der Waals surface area contributed by atoms with Crippen LogP contribution in [-0.2, 0) is 47.5 Å². The van der Waals surface area contributed by atoms with Gasteiger partial charge in [0, 0.05) is 0 Å². The van der Waals surface area contributed by atoms with E-state index >= 15 is 0 Å². The summed E-state index contributed by atoms with van der Waals surface area (Å²) < 4.78 is 134. The topological polar surface area (TPSA) is 165 Å². The summed E-state index contributed by atoms with van der Waals surface area (Å²) in [6, 6.07) is 5.27. The Labute approximate surface area is 224 Å². The van der Waals surface area contributed by atoms with Gasteiger partial charge in [0.05, 0.1) is 25.6 Å². The van der Waals surface area contributed by atoms with Crippen molar-refractivity contribution in [1.82, 2.24) is 8.61 Å². The van der Waals surface area contributed by atoms with Gasteiger partial charge in [-0.25, -0.2) is 16.8 Å². The van der Waals surface area contributed by atoms with E-state index in [2.05, 4.69) is 4.42 Å². The highest BCUT2D eigenvalue weighted by Gasteiger charge is 2.51. The lowest BCUT2D eigenvalue weighted by molar-refractivity contribution is -0.155. The van der Waals surface area contributed by atoms with Crippen LogP contribution in [0.3, 0.4) is 0 Å². The number of carboxylic acid groups (broad SMARTS) is 1. The first-order chi connectivity index (χ1) is 18.0. The normalized spacial score (nSPS) is 13.2. The van der Waals surface area contributed by atoms with Crippen LogP contribution in [0, 0.1) is 0 Å². The molecule has 0 aliphatic carbocycles. The van der Waals surface area contributed by atoms with Gasteiger partial charge in [-0.1, -0.05) is 0 Å². The van der Waals surface area contributed by atoms with E-state index in [0.717, 1.165) is 6.26 Å². The smallest absolute Gasteiger partial charge is 0.480 e. The lowest BCUT2D eigenvalue weighted by atomic mass is 10.2. The van der Waals surface area contributed by atoms with Crippen LogP contribution in [0.15, 0.2) is 45.6 Å². The van der Waals surface area contributed by atoms with Gasteiger partial charge >= 0.3 is 43.0 Å². The molecule has 0 saturated carbocycles. The molecule has 0 aliphatic rings. The molecule has 1 N–H and O–H groups in total. The Hall–Kier alpha value is -3.10. The molecule has 2 aromatic rings. The zero-order chi connectivity index (χ0) is 31.2. The molecule has 2 rings (SSSR count). The molecule has 0 aliphatic heterocycles. The van der Waals surface area contributed by atoms with Crippen LogP contribution in [0.5, 0.6) is 0 Å². The molecular formula is C20H24F6N2O10S2. The Morgan fingerprint density at radius 1 is 0.800 bits per heavy atom. The second-order valence-electron chi connectivity index (χ2n) is 8.58. The fourth-order valence-corrected chi connectivity index (χ4v) is 4.30. The number of sulfonamides is 2. The zero-order valence-electron chi connectivity index (χ0n) is 20.9. The lowest BCUT2D eigenvalue weighted by Crippen LogP contribution is -2.44. The summed E-state index contributed by atoms with van der Waals surface area (Å²) in [6.45, 7) is 0.637. The van der Waals surface area contributed by atoms with Gasteiger partial charge in [0.25, 0.3) is 0 Å². The summed E-state index contributed by atoms with van der Waals surface area (Å²) >= 11 is 0. The number of halogens is 6. The fraction of sp³-hybridized carbons (Fsp3) is 0.500. The molecule has 20 heteroatoms. The number of nitrogens with zero attached hydrogens (tertiary/aromatic N) is 2. The van der Waals surface area contributed by atoms with Crippen LogP contribution in [0.2, 0.25) is 0 Å². The van der Waals surface area contributed by atoms with E-state index in [1.54, 1.807) is 0 Å². The molecule has 0 bridgehead atoms. The van der Waals surface area contributed by atoms with E-state index in [1.807, 2.05) is 0 Å². The van der Waals surface area contributed by atoms with Crippen LogP contribution in [-0.4, -0.2) is 72.2 Å². The summed E-state index contributed by atoms with van der Waals surface area (Å²) in [6.07, 6.45) is 2.32. The highest BCUT2D eigenvalue weighted by atomic mass is 32.2. The molecular weight excluding hydrogens is 606 g/mol. The fourth-order valence-electron chi connectivity index (χ4n) is 2.57. The van der Waals surface area contributed by atoms with E-state index in [0.29, 0.717) is 0 Å². The van der Waals surface area contributed by atoms with Crippen molar-refractivity contribution in [3.63, 3.8) is 0 Å². The third kappa shape index (κ3) is 10.5. The summed E-state index contributed by atoms with van der Waals surface area (Å²) in [4.78, 5) is 22.1. The first-order valence-corrected chi connectivity index (χ1v) is 13.5. The van der Waals surface area contributed by atoms with Crippen LogP contribution in [0.1, 0.15) is 32.3 Å². The quantitative estimate of drug-likeness (QED) is 0.304. The Kier molecular flexibility index (Phi) is 11.4. The van der Waals surface area contributed by atoms with Gasteiger partial charge in [-0.2, -0.15) is 35.0 Å². The molecule has 228 valence electrons. The Balaban J connectivity index is 0.000000408. The molecule has 0 unspecified atom stereocenters. The van der Waals surface area contributed by atoms with Crippen molar-refractivity contribution in [3.8, 4) is 0 Å². The number of carbonyl (C=O) groups excluding carboxylic acids is 1. The van der Waals surface area contributed by atoms with E-state index < -0.39 is 74.8 Å². The van der Waals surface area contributed by atoms with Crippen molar-refractivity contribution in [2.75, 3.05) is 13.1 Å². The minimum Gasteiger partial charge on any atom is -0.480 e. The molecule has 0 spiro atoms. The molecule has 0 fully saturated rings. The molecule has 2 heterocycles. The predicted molar refractivity (Wildman–Crippen MR) is 122 cm³/mol. The maximum atomic E-state index is 12.7. The van der Waals surface area contributed by atoms with Crippen molar-refractivity contribution in [2.45, 2.75) is 50.5 Å². The number of carbonyl (C=O) groups is 2. The zero-order valence-corrected chi connectivity index (χ0v) is 22.5. The maximum absolute atomic E-state index is 12.7. The third-order valence-corrected chi connectivity index (χ3v) is 7.17. The lowest BCUT2D eigenvalue weighted by Gasteiger charge is -2.24. The summed E-state index contributed by atoms with van der Waals surface area (Å²) in [7, 11) is -11.4. The number of hydrogen-bond acceptors (Lipinski definition) is 9. The molecule has 0 atom stereocenters. The Morgan fingerprint density at radius 2 is 1.18 bits per heavy atom. The van der Waals surface area contributed by atoms with Crippen molar-refractivity contribution in [2.24, 2.45) is 0 Å². The van der Waals surface area contributed by atoms with Gasteiger partial charge < -0.3 is 18.7 Å². The van der Waals surface area contributed by atoms with Gasteiger partial charge in [0.1, 0.15) is 30.2 Å². The number of esters is 1. The molecule has 0 aromatic carbocycles. The van der Waals surface area contributed by atoms with Gasteiger partial charge in [-0.3, -0.25) is 9.59 Å². The predicted octanol–water partition coefficient (Wildman–Crippen LogP) is 3.29. The number of aliphatic carboxylic acids is 1. The number of ether oxygens (including phenoxy) is 1. The SMILES string of the molecule is CC(C)(C)OC(=O)CN(Cc1ccco1)S(=O)(=O)C(F)(F)F.O=C(O)CN(Cc1ccco1)S(=O)(=O)C(F)(F)F. The van der Waals surface area contributed by atoms with Gasteiger partial charge in [-0.15, -0.1) is 0 Å². The van der Waals surface area contributed by atoms with Crippen LogP contribution >= 0.6 is 0 Å². The van der Waals surface area contributed by atoms with Crippen LogP contribution in [0.25, 0.3) is 0 Å². The monoisotopic (exact) mass is 630 g/mol.